The second-order valence-corrected chi connectivity index (χ2v) is 6.26. The molecule has 5 nitrogen and oxygen atoms in total. The molecule has 0 bridgehead atoms. The first-order valence-electron chi connectivity index (χ1n) is 7.17. The Hall–Kier alpha value is -2.73. The van der Waals surface area contributed by atoms with Crippen LogP contribution in [0, 0.1) is 6.92 Å². The number of rotatable bonds is 3. The van der Waals surface area contributed by atoms with Gasteiger partial charge in [0.25, 0.3) is 5.56 Å². The fourth-order valence-electron chi connectivity index (χ4n) is 2.63. The quantitative estimate of drug-likeness (QED) is 0.579. The SMILES string of the molecule is Cc1c(-c2ccccc2)sc2ncn(Cc3ccno3)c(=O)c12. The fraction of sp³-hybridized carbons (Fsp3) is 0.118. The number of hydrogen-bond donors (Lipinski definition) is 0. The highest BCUT2D eigenvalue weighted by Crippen LogP contribution is 2.35. The van der Waals surface area contributed by atoms with Gasteiger partial charge in [0, 0.05) is 10.9 Å². The molecule has 0 amide bonds. The predicted molar refractivity (Wildman–Crippen MR) is 89.7 cm³/mol. The van der Waals surface area contributed by atoms with Crippen LogP contribution in [0.5, 0.6) is 0 Å². The van der Waals surface area contributed by atoms with E-state index in [0.29, 0.717) is 17.7 Å². The van der Waals surface area contributed by atoms with Crippen LogP contribution in [0.1, 0.15) is 11.3 Å². The lowest BCUT2D eigenvalue weighted by Gasteiger charge is -2.02. The van der Waals surface area contributed by atoms with Gasteiger partial charge in [-0.1, -0.05) is 35.5 Å². The largest absolute Gasteiger partial charge is 0.359 e. The van der Waals surface area contributed by atoms with E-state index in [1.807, 2.05) is 37.3 Å². The van der Waals surface area contributed by atoms with Crippen molar-refractivity contribution < 1.29 is 4.52 Å². The Morgan fingerprint density at radius 3 is 2.78 bits per heavy atom. The smallest absolute Gasteiger partial charge is 0.262 e. The highest BCUT2D eigenvalue weighted by molar-refractivity contribution is 7.22. The number of fused-ring (bicyclic) bond motifs is 1. The number of nitrogens with zero attached hydrogens (tertiary/aromatic N) is 3. The van der Waals surface area contributed by atoms with Gasteiger partial charge in [0.2, 0.25) is 0 Å². The summed E-state index contributed by atoms with van der Waals surface area (Å²) in [5, 5.41) is 4.34. The Morgan fingerprint density at radius 1 is 1.22 bits per heavy atom. The first-order chi connectivity index (χ1) is 11.2. The van der Waals surface area contributed by atoms with Gasteiger partial charge in [-0.3, -0.25) is 9.36 Å². The van der Waals surface area contributed by atoms with Crippen LogP contribution >= 0.6 is 11.3 Å². The molecule has 1 aromatic carbocycles. The van der Waals surface area contributed by atoms with Crippen molar-refractivity contribution in [2.24, 2.45) is 0 Å². The molecular formula is C17H13N3O2S. The van der Waals surface area contributed by atoms with Crippen LogP contribution in [-0.2, 0) is 6.54 Å². The van der Waals surface area contributed by atoms with Gasteiger partial charge in [0.1, 0.15) is 4.83 Å². The van der Waals surface area contributed by atoms with Gasteiger partial charge in [-0.05, 0) is 18.1 Å². The maximum Gasteiger partial charge on any atom is 0.262 e. The number of aromatic nitrogens is 3. The normalized spacial score (nSPS) is 11.2. The number of aryl methyl sites for hydroxylation is 1. The van der Waals surface area contributed by atoms with Crippen molar-refractivity contribution in [3.63, 3.8) is 0 Å². The molecule has 0 spiro atoms. The Bertz CT molecular complexity index is 1020. The average Bonchev–Trinajstić information content (AvgIpc) is 3.19. The molecule has 23 heavy (non-hydrogen) atoms. The minimum atomic E-state index is -0.0534. The molecule has 4 aromatic rings. The number of benzene rings is 1. The molecule has 0 aliphatic rings. The molecule has 6 heteroatoms. The van der Waals surface area contributed by atoms with Gasteiger partial charge in [-0.15, -0.1) is 11.3 Å². The Labute approximate surface area is 135 Å². The highest BCUT2D eigenvalue weighted by Gasteiger charge is 2.16. The molecule has 4 rings (SSSR count). The summed E-state index contributed by atoms with van der Waals surface area (Å²) in [6.07, 6.45) is 3.13. The van der Waals surface area contributed by atoms with E-state index in [0.717, 1.165) is 20.8 Å². The molecule has 0 unspecified atom stereocenters. The molecule has 0 aliphatic heterocycles. The first-order valence-corrected chi connectivity index (χ1v) is 7.99. The first kappa shape index (κ1) is 13.9. The van der Waals surface area contributed by atoms with Crippen molar-refractivity contribution in [2.75, 3.05) is 0 Å². The maximum absolute atomic E-state index is 12.8. The summed E-state index contributed by atoms with van der Waals surface area (Å²) >= 11 is 1.55. The van der Waals surface area contributed by atoms with E-state index in [2.05, 4.69) is 10.1 Å². The number of thiophene rings is 1. The molecule has 3 heterocycles. The summed E-state index contributed by atoms with van der Waals surface area (Å²) < 4.78 is 6.63. The van der Waals surface area contributed by atoms with Crippen LogP contribution in [0.25, 0.3) is 20.7 Å². The zero-order chi connectivity index (χ0) is 15.8. The summed E-state index contributed by atoms with van der Waals surface area (Å²) in [5.74, 6) is 0.629. The molecule has 0 radical (unpaired) electrons. The van der Waals surface area contributed by atoms with Crippen molar-refractivity contribution >= 4 is 21.6 Å². The molecular weight excluding hydrogens is 310 g/mol. The molecule has 0 saturated carbocycles. The van der Waals surface area contributed by atoms with Gasteiger partial charge >= 0.3 is 0 Å². The summed E-state index contributed by atoms with van der Waals surface area (Å²) in [4.78, 5) is 19.1. The summed E-state index contributed by atoms with van der Waals surface area (Å²) in [5.41, 5.74) is 2.03. The van der Waals surface area contributed by atoms with E-state index >= 15 is 0 Å². The van der Waals surface area contributed by atoms with Crippen LogP contribution < -0.4 is 5.56 Å². The third kappa shape index (κ3) is 2.37. The summed E-state index contributed by atoms with van der Waals surface area (Å²) in [6, 6.07) is 11.8. The monoisotopic (exact) mass is 323 g/mol. The Kier molecular flexibility index (Phi) is 3.31. The number of hydrogen-bond acceptors (Lipinski definition) is 5. The van der Waals surface area contributed by atoms with Crippen LogP contribution in [0.2, 0.25) is 0 Å². The van der Waals surface area contributed by atoms with Gasteiger partial charge in [0.15, 0.2) is 5.76 Å². The molecule has 0 N–H and O–H groups in total. The van der Waals surface area contributed by atoms with Crippen LogP contribution in [0.15, 0.2) is 58.2 Å². The second-order valence-electron chi connectivity index (χ2n) is 5.26. The Balaban J connectivity index is 1.87. The molecule has 0 aliphatic carbocycles. The zero-order valence-corrected chi connectivity index (χ0v) is 13.2. The summed E-state index contributed by atoms with van der Waals surface area (Å²) in [7, 11) is 0. The van der Waals surface area contributed by atoms with E-state index in [-0.39, 0.29) is 5.56 Å². The van der Waals surface area contributed by atoms with Crippen molar-refractivity contribution in [1.82, 2.24) is 14.7 Å². The van der Waals surface area contributed by atoms with Gasteiger partial charge in [-0.25, -0.2) is 4.98 Å². The lowest BCUT2D eigenvalue weighted by atomic mass is 10.1. The molecule has 0 fully saturated rings. The lowest BCUT2D eigenvalue weighted by molar-refractivity contribution is 0.375. The van der Waals surface area contributed by atoms with E-state index in [4.69, 9.17) is 4.52 Å². The standard InChI is InChI=1S/C17H13N3O2S/c1-11-14-16(23-15(11)12-5-3-2-4-6-12)18-10-20(17(14)21)9-13-7-8-19-22-13/h2-8,10H,9H2,1H3. The van der Waals surface area contributed by atoms with Gasteiger partial charge < -0.3 is 4.52 Å². The van der Waals surface area contributed by atoms with Crippen molar-refractivity contribution in [3.8, 4) is 10.4 Å². The summed E-state index contributed by atoms with van der Waals surface area (Å²) in [6.45, 7) is 2.31. The highest BCUT2D eigenvalue weighted by atomic mass is 32.1. The third-order valence-corrected chi connectivity index (χ3v) is 5.02. The van der Waals surface area contributed by atoms with Crippen LogP contribution in [0.4, 0.5) is 0 Å². The topological polar surface area (TPSA) is 60.9 Å². The minimum absolute atomic E-state index is 0.0534. The zero-order valence-electron chi connectivity index (χ0n) is 12.4. The van der Waals surface area contributed by atoms with Gasteiger partial charge in [0.05, 0.1) is 24.5 Å². The van der Waals surface area contributed by atoms with Crippen LogP contribution in [0.3, 0.4) is 0 Å². The average molecular weight is 323 g/mol. The van der Waals surface area contributed by atoms with E-state index in [9.17, 15) is 4.79 Å². The molecule has 114 valence electrons. The lowest BCUT2D eigenvalue weighted by Crippen LogP contribution is -2.20. The molecule has 0 saturated heterocycles. The molecule has 3 aromatic heterocycles. The minimum Gasteiger partial charge on any atom is -0.359 e. The van der Waals surface area contributed by atoms with E-state index in [1.54, 1.807) is 34.5 Å². The van der Waals surface area contributed by atoms with Crippen LogP contribution in [-0.4, -0.2) is 14.7 Å². The van der Waals surface area contributed by atoms with Crippen molar-refractivity contribution in [1.29, 1.82) is 0 Å². The van der Waals surface area contributed by atoms with E-state index in [1.165, 1.54) is 0 Å². The molecule has 0 atom stereocenters. The van der Waals surface area contributed by atoms with Gasteiger partial charge in [-0.2, -0.15) is 0 Å². The predicted octanol–water partition coefficient (Wildman–Crippen LogP) is 3.47. The second kappa shape index (κ2) is 5.48. The fourth-order valence-corrected chi connectivity index (χ4v) is 3.77. The van der Waals surface area contributed by atoms with Crippen molar-refractivity contribution in [3.05, 3.63) is 70.6 Å². The Morgan fingerprint density at radius 2 is 2.04 bits per heavy atom. The van der Waals surface area contributed by atoms with Crippen molar-refractivity contribution in [2.45, 2.75) is 13.5 Å². The maximum atomic E-state index is 12.8. The third-order valence-electron chi connectivity index (χ3n) is 3.77. The van der Waals surface area contributed by atoms with E-state index < -0.39 is 0 Å².